The standard InChI is InChI=1S/C20H20ClN3O6S2/c1-9-7-10(2)16(11(3)13(9)8-15(25)26)18(27)22-20-14(5-6-31-20)32(28,29)24-19-17(21)12(4)23-30-19/h5-7,24H,8H2,1-4H3,(H,22,27)(H,25,26). The lowest BCUT2D eigenvalue weighted by molar-refractivity contribution is -0.136. The first-order chi connectivity index (χ1) is 14.9. The second-order valence-corrected chi connectivity index (χ2v) is 10.1. The smallest absolute Gasteiger partial charge is 0.307 e. The molecule has 0 aliphatic rings. The molecule has 2 aromatic heterocycles. The molecule has 12 heteroatoms. The van der Waals surface area contributed by atoms with E-state index >= 15 is 0 Å². The highest BCUT2D eigenvalue weighted by molar-refractivity contribution is 7.93. The molecule has 0 saturated heterocycles. The predicted octanol–water partition coefficient (Wildman–Crippen LogP) is 4.30. The Labute approximate surface area is 193 Å². The van der Waals surface area contributed by atoms with Gasteiger partial charge < -0.3 is 14.9 Å². The van der Waals surface area contributed by atoms with E-state index in [2.05, 4.69) is 15.2 Å². The fraction of sp³-hybridized carbons (Fsp3) is 0.250. The number of rotatable bonds is 7. The number of nitrogens with one attached hydrogen (secondary N) is 2. The number of nitrogens with zero attached hydrogens (tertiary/aromatic N) is 1. The van der Waals surface area contributed by atoms with E-state index < -0.39 is 21.9 Å². The molecule has 0 unspecified atom stereocenters. The Morgan fingerprint density at radius 2 is 1.91 bits per heavy atom. The Bertz CT molecular complexity index is 1330. The van der Waals surface area contributed by atoms with Crippen LogP contribution >= 0.6 is 22.9 Å². The number of carbonyl (C=O) groups excluding carboxylic acids is 1. The highest BCUT2D eigenvalue weighted by atomic mass is 35.5. The molecule has 2 heterocycles. The molecule has 0 aliphatic carbocycles. The number of anilines is 2. The van der Waals surface area contributed by atoms with Gasteiger partial charge in [-0.05, 0) is 61.4 Å². The Balaban J connectivity index is 1.94. The Hall–Kier alpha value is -2.89. The third-order valence-electron chi connectivity index (χ3n) is 4.85. The Morgan fingerprint density at radius 3 is 2.50 bits per heavy atom. The zero-order valence-electron chi connectivity index (χ0n) is 17.6. The molecule has 32 heavy (non-hydrogen) atoms. The quantitative estimate of drug-likeness (QED) is 0.442. The van der Waals surface area contributed by atoms with Crippen LogP contribution in [0.4, 0.5) is 10.9 Å². The van der Waals surface area contributed by atoms with Gasteiger partial charge in [0.1, 0.15) is 20.6 Å². The minimum absolute atomic E-state index is 0.0336. The lowest BCUT2D eigenvalue weighted by atomic mass is 9.91. The van der Waals surface area contributed by atoms with Crippen LogP contribution in [0.1, 0.15) is 38.3 Å². The number of hydrogen-bond donors (Lipinski definition) is 3. The van der Waals surface area contributed by atoms with E-state index in [9.17, 15) is 23.1 Å². The third kappa shape index (κ3) is 4.64. The van der Waals surface area contributed by atoms with E-state index in [1.807, 2.05) is 0 Å². The van der Waals surface area contributed by atoms with Crippen LogP contribution in [0.25, 0.3) is 0 Å². The van der Waals surface area contributed by atoms with Gasteiger partial charge in [-0.1, -0.05) is 22.8 Å². The molecule has 1 aromatic carbocycles. The summed E-state index contributed by atoms with van der Waals surface area (Å²) in [7, 11) is -4.14. The van der Waals surface area contributed by atoms with Crippen LogP contribution in [0, 0.1) is 27.7 Å². The number of aryl methyl sites for hydroxylation is 3. The summed E-state index contributed by atoms with van der Waals surface area (Å²) in [4.78, 5) is 24.1. The van der Waals surface area contributed by atoms with Gasteiger partial charge in [0.25, 0.3) is 21.8 Å². The van der Waals surface area contributed by atoms with Crippen LogP contribution in [-0.4, -0.2) is 30.6 Å². The summed E-state index contributed by atoms with van der Waals surface area (Å²) in [5.41, 5.74) is 3.11. The van der Waals surface area contributed by atoms with Gasteiger partial charge in [0.2, 0.25) is 0 Å². The Kier molecular flexibility index (Phi) is 6.63. The largest absolute Gasteiger partial charge is 0.481 e. The lowest BCUT2D eigenvalue weighted by Gasteiger charge is -2.16. The van der Waals surface area contributed by atoms with Crippen molar-refractivity contribution in [2.75, 3.05) is 10.0 Å². The van der Waals surface area contributed by atoms with E-state index in [-0.39, 0.29) is 27.2 Å². The summed E-state index contributed by atoms with van der Waals surface area (Å²) in [6, 6.07) is 3.08. The van der Waals surface area contributed by atoms with E-state index in [0.29, 0.717) is 27.9 Å². The number of carboxylic acid groups (broad SMARTS) is 1. The zero-order valence-corrected chi connectivity index (χ0v) is 20.0. The van der Waals surface area contributed by atoms with Crippen molar-refractivity contribution in [2.45, 2.75) is 39.0 Å². The van der Waals surface area contributed by atoms with Crippen molar-refractivity contribution in [2.24, 2.45) is 0 Å². The third-order valence-corrected chi connectivity index (χ3v) is 7.63. The molecule has 0 fully saturated rings. The van der Waals surface area contributed by atoms with Crippen LogP contribution in [0.15, 0.2) is 26.9 Å². The minimum atomic E-state index is -4.14. The zero-order chi connectivity index (χ0) is 23.8. The molecule has 0 aliphatic heterocycles. The molecule has 0 atom stereocenters. The number of amides is 1. The number of benzene rings is 1. The fourth-order valence-corrected chi connectivity index (χ4v) is 5.81. The molecule has 0 spiro atoms. The Morgan fingerprint density at radius 1 is 1.22 bits per heavy atom. The summed E-state index contributed by atoms with van der Waals surface area (Å²) < 4.78 is 32.8. The monoisotopic (exact) mass is 497 g/mol. The highest BCUT2D eigenvalue weighted by Gasteiger charge is 2.26. The van der Waals surface area contributed by atoms with Crippen molar-refractivity contribution in [3.8, 4) is 0 Å². The molecule has 3 aromatic rings. The molecular formula is C20H20ClN3O6S2. The van der Waals surface area contributed by atoms with Gasteiger partial charge in [-0.25, -0.2) is 13.1 Å². The van der Waals surface area contributed by atoms with Crippen molar-refractivity contribution in [3.05, 3.63) is 56.0 Å². The molecule has 1 amide bonds. The number of aliphatic carboxylic acids is 1. The maximum atomic E-state index is 13.1. The molecular weight excluding hydrogens is 478 g/mol. The SMILES string of the molecule is Cc1cc(C)c(C(=O)Nc2sccc2S(=O)(=O)Nc2onc(C)c2Cl)c(C)c1CC(=O)O. The lowest BCUT2D eigenvalue weighted by Crippen LogP contribution is -2.19. The number of carbonyl (C=O) groups is 2. The molecule has 0 saturated carbocycles. The molecule has 3 rings (SSSR count). The van der Waals surface area contributed by atoms with Crippen LogP contribution < -0.4 is 10.0 Å². The van der Waals surface area contributed by atoms with Gasteiger partial charge in [0, 0.05) is 5.56 Å². The van der Waals surface area contributed by atoms with E-state index in [1.165, 1.54) is 11.4 Å². The minimum Gasteiger partial charge on any atom is -0.481 e. The predicted molar refractivity (Wildman–Crippen MR) is 121 cm³/mol. The summed E-state index contributed by atoms with van der Waals surface area (Å²) >= 11 is 7.01. The van der Waals surface area contributed by atoms with Crippen molar-refractivity contribution >= 4 is 55.7 Å². The van der Waals surface area contributed by atoms with Gasteiger partial charge >= 0.3 is 5.97 Å². The summed E-state index contributed by atoms with van der Waals surface area (Å²) in [5, 5.41) is 17.1. The number of halogens is 1. The van der Waals surface area contributed by atoms with Crippen LogP contribution in [0.3, 0.4) is 0 Å². The summed E-state index contributed by atoms with van der Waals surface area (Å²) in [6.45, 7) is 6.76. The molecule has 0 bridgehead atoms. The van der Waals surface area contributed by atoms with Crippen LogP contribution in [-0.2, 0) is 21.2 Å². The van der Waals surface area contributed by atoms with Gasteiger partial charge in [0.15, 0.2) is 0 Å². The normalized spacial score (nSPS) is 11.4. The summed E-state index contributed by atoms with van der Waals surface area (Å²) in [5.74, 6) is -1.78. The highest BCUT2D eigenvalue weighted by Crippen LogP contribution is 2.33. The number of thiophene rings is 1. The topological polar surface area (TPSA) is 139 Å². The molecule has 9 nitrogen and oxygen atoms in total. The van der Waals surface area contributed by atoms with Gasteiger partial charge in [-0.2, -0.15) is 0 Å². The first-order valence-corrected chi connectivity index (χ1v) is 12.0. The number of sulfonamides is 1. The maximum absolute atomic E-state index is 13.1. The van der Waals surface area contributed by atoms with E-state index in [1.54, 1.807) is 33.8 Å². The van der Waals surface area contributed by atoms with Crippen molar-refractivity contribution in [1.82, 2.24) is 5.16 Å². The first kappa shape index (κ1) is 23.8. The maximum Gasteiger partial charge on any atom is 0.307 e. The van der Waals surface area contributed by atoms with Crippen LogP contribution in [0.2, 0.25) is 5.02 Å². The second kappa shape index (κ2) is 8.93. The van der Waals surface area contributed by atoms with Crippen LogP contribution in [0.5, 0.6) is 0 Å². The number of aromatic nitrogens is 1. The average Bonchev–Trinajstić information content (AvgIpc) is 3.27. The molecule has 3 N–H and O–H groups in total. The van der Waals surface area contributed by atoms with Gasteiger partial charge in [-0.15, -0.1) is 11.3 Å². The fourth-order valence-electron chi connectivity index (χ4n) is 3.36. The first-order valence-electron chi connectivity index (χ1n) is 9.27. The molecule has 0 radical (unpaired) electrons. The van der Waals surface area contributed by atoms with Gasteiger partial charge in [0.05, 0.1) is 6.42 Å². The van der Waals surface area contributed by atoms with Crippen molar-refractivity contribution < 1.29 is 27.6 Å². The number of carboxylic acids is 1. The average molecular weight is 498 g/mol. The van der Waals surface area contributed by atoms with Gasteiger partial charge in [-0.3, -0.25) is 9.59 Å². The van der Waals surface area contributed by atoms with Crippen molar-refractivity contribution in [1.29, 1.82) is 0 Å². The number of hydrogen-bond acceptors (Lipinski definition) is 7. The molecule has 170 valence electrons. The van der Waals surface area contributed by atoms with E-state index in [4.69, 9.17) is 16.1 Å². The summed E-state index contributed by atoms with van der Waals surface area (Å²) in [6.07, 6.45) is -0.224. The van der Waals surface area contributed by atoms with Crippen molar-refractivity contribution in [3.63, 3.8) is 0 Å². The second-order valence-electron chi connectivity index (χ2n) is 7.14. The van der Waals surface area contributed by atoms with E-state index in [0.717, 1.165) is 16.9 Å².